The van der Waals surface area contributed by atoms with E-state index in [1.165, 1.54) is 0 Å². The number of likely N-dealkylation sites (tertiary alicyclic amines) is 1. The lowest BCUT2D eigenvalue weighted by Gasteiger charge is -2.34. The molecule has 1 fully saturated rings. The zero-order chi connectivity index (χ0) is 16.6. The average molecular weight is 310 g/mol. The molecule has 2 aromatic rings. The van der Waals surface area contributed by atoms with Crippen LogP contribution in [0.2, 0.25) is 0 Å². The number of aryl methyl sites for hydroxylation is 3. The van der Waals surface area contributed by atoms with Gasteiger partial charge in [0.1, 0.15) is 11.2 Å². The molecule has 0 aromatic carbocycles. The summed E-state index contributed by atoms with van der Waals surface area (Å²) in [5.41, 5.74) is 2.81. The van der Waals surface area contributed by atoms with Gasteiger partial charge in [-0.15, -0.1) is 0 Å². The molecule has 3 heterocycles. The van der Waals surface area contributed by atoms with E-state index in [-0.39, 0.29) is 5.91 Å². The highest BCUT2D eigenvalue weighted by molar-refractivity contribution is 5.94. The molecule has 0 spiro atoms. The molecule has 120 valence electrons. The van der Waals surface area contributed by atoms with Gasteiger partial charge in [-0.25, -0.2) is 9.97 Å². The molecule has 0 saturated carbocycles. The van der Waals surface area contributed by atoms with Crippen LogP contribution in [0.1, 0.15) is 53.0 Å². The third-order valence-electron chi connectivity index (χ3n) is 4.56. The first-order chi connectivity index (χ1) is 10.9. The molecule has 2 aromatic heterocycles. The first-order valence-electron chi connectivity index (χ1n) is 7.98. The lowest BCUT2D eigenvalue weighted by atomic mass is 9.96. The second kappa shape index (κ2) is 5.72. The van der Waals surface area contributed by atoms with Gasteiger partial charge in [-0.2, -0.15) is 0 Å². The Morgan fingerprint density at radius 1 is 1.22 bits per heavy atom. The van der Waals surface area contributed by atoms with E-state index in [0.29, 0.717) is 12.2 Å². The molecule has 0 aliphatic carbocycles. The fourth-order valence-electron chi connectivity index (χ4n) is 3.33. The van der Waals surface area contributed by atoms with Crippen LogP contribution in [0.4, 0.5) is 0 Å². The zero-order valence-electron chi connectivity index (χ0n) is 14.1. The number of nitrogens with zero attached hydrogens (tertiary/aromatic N) is 4. The SMILES string of the molecule is Cc1cc(C)nc(C2(C)CCCN2C(=O)c2ncccc2C)n1. The number of carbonyl (C=O) groups excluding carboxylic acids is 1. The summed E-state index contributed by atoms with van der Waals surface area (Å²) >= 11 is 0. The van der Waals surface area contributed by atoms with Crippen molar-refractivity contribution in [1.29, 1.82) is 0 Å². The van der Waals surface area contributed by atoms with E-state index >= 15 is 0 Å². The third kappa shape index (κ3) is 2.71. The van der Waals surface area contributed by atoms with Crippen molar-refractivity contribution in [3.63, 3.8) is 0 Å². The standard InChI is InChI=1S/C18H22N4O/c1-12-7-5-9-19-15(12)16(23)22-10-6-8-18(22,4)17-20-13(2)11-14(3)21-17/h5,7,9,11H,6,8,10H2,1-4H3. The Morgan fingerprint density at radius 2 is 1.91 bits per heavy atom. The van der Waals surface area contributed by atoms with E-state index in [1.54, 1.807) is 6.20 Å². The van der Waals surface area contributed by atoms with Gasteiger partial charge in [-0.1, -0.05) is 6.07 Å². The lowest BCUT2D eigenvalue weighted by molar-refractivity contribution is 0.0596. The van der Waals surface area contributed by atoms with Gasteiger partial charge in [0.2, 0.25) is 0 Å². The molecule has 1 aliphatic rings. The van der Waals surface area contributed by atoms with Crippen molar-refractivity contribution in [2.75, 3.05) is 6.54 Å². The number of hydrogen-bond acceptors (Lipinski definition) is 4. The molecule has 3 rings (SSSR count). The van der Waals surface area contributed by atoms with Crippen LogP contribution in [0.25, 0.3) is 0 Å². The minimum absolute atomic E-state index is 0.0362. The summed E-state index contributed by atoms with van der Waals surface area (Å²) < 4.78 is 0. The van der Waals surface area contributed by atoms with Crippen LogP contribution in [-0.4, -0.2) is 32.3 Å². The second-order valence-corrected chi connectivity index (χ2v) is 6.48. The molecule has 1 saturated heterocycles. The molecule has 1 aliphatic heterocycles. The number of hydrogen-bond donors (Lipinski definition) is 0. The number of aromatic nitrogens is 3. The van der Waals surface area contributed by atoms with Gasteiger partial charge in [0.15, 0.2) is 5.82 Å². The van der Waals surface area contributed by atoms with E-state index in [9.17, 15) is 4.79 Å². The largest absolute Gasteiger partial charge is 0.325 e. The molecule has 5 nitrogen and oxygen atoms in total. The van der Waals surface area contributed by atoms with Gasteiger partial charge < -0.3 is 4.90 Å². The normalized spacial score (nSPS) is 20.8. The van der Waals surface area contributed by atoms with Crippen LogP contribution >= 0.6 is 0 Å². The minimum Gasteiger partial charge on any atom is -0.325 e. The predicted molar refractivity (Wildman–Crippen MR) is 88.1 cm³/mol. The van der Waals surface area contributed by atoms with Crippen LogP contribution in [0.3, 0.4) is 0 Å². The summed E-state index contributed by atoms with van der Waals surface area (Å²) in [7, 11) is 0. The molecule has 0 radical (unpaired) electrons. The molecular weight excluding hydrogens is 288 g/mol. The summed E-state index contributed by atoms with van der Waals surface area (Å²) in [6, 6.07) is 5.72. The Balaban J connectivity index is 2.02. The van der Waals surface area contributed by atoms with Crippen molar-refractivity contribution < 1.29 is 4.79 Å². The number of carbonyl (C=O) groups is 1. The van der Waals surface area contributed by atoms with Gasteiger partial charge in [0.05, 0.1) is 0 Å². The van der Waals surface area contributed by atoms with Gasteiger partial charge in [0, 0.05) is 24.1 Å². The molecule has 5 heteroatoms. The van der Waals surface area contributed by atoms with Crippen molar-refractivity contribution in [2.24, 2.45) is 0 Å². The summed E-state index contributed by atoms with van der Waals surface area (Å²) in [5, 5.41) is 0. The van der Waals surface area contributed by atoms with Gasteiger partial charge in [-0.3, -0.25) is 9.78 Å². The Hall–Kier alpha value is -2.30. The van der Waals surface area contributed by atoms with Crippen molar-refractivity contribution in [3.8, 4) is 0 Å². The summed E-state index contributed by atoms with van der Waals surface area (Å²) in [5.74, 6) is 0.695. The quantitative estimate of drug-likeness (QED) is 0.855. The third-order valence-corrected chi connectivity index (χ3v) is 4.56. The zero-order valence-corrected chi connectivity index (χ0v) is 14.1. The first kappa shape index (κ1) is 15.6. The van der Waals surface area contributed by atoms with E-state index < -0.39 is 5.54 Å². The predicted octanol–water partition coefficient (Wildman–Crippen LogP) is 2.95. The highest BCUT2D eigenvalue weighted by atomic mass is 16.2. The smallest absolute Gasteiger partial charge is 0.273 e. The maximum atomic E-state index is 13.0. The summed E-state index contributed by atoms with van der Waals surface area (Å²) in [4.78, 5) is 28.4. The average Bonchev–Trinajstić information content (AvgIpc) is 2.89. The first-order valence-corrected chi connectivity index (χ1v) is 7.98. The van der Waals surface area contributed by atoms with Crippen molar-refractivity contribution >= 4 is 5.91 Å². The minimum atomic E-state index is -0.474. The summed E-state index contributed by atoms with van der Waals surface area (Å²) in [6.07, 6.45) is 3.49. The molecule has 0 N–H and O–H groups in total. The number of pyridine rings is 1. The molecule has 1 unspecified atom stereocenters. The van der Waals surface area contributed by atoms with Crippen LogP contribution in [-0.2, 0) is 5.54 Å². The molecule has 1 atom stereocenters. The highest BCUT2D eigenvalue weighted by Crippen LogP contribution is 2.37. The van der Waals surface area contributed by atoms with E-state index in [1.807, 2.05) is 43.9 Å². The maximum Gasteiger partial charge on any atom is 0.273 e. The van der Waals surface area contributed by atoms with Gasteiger partial charge >= 0.3 is 0 Å². The van der Waals surface area contributed by atoms with E-state index in [0.717, 1.165) is 35.6 Å². The fraction of sp³-hybridized carbons (Fsp3) is 0.444. The Morgan fingerprint density at radius 3 is 2.57 bits per heavy atom. The van der Waals surface area contributed by atoms with Crippen molar-refractivity contribution in [3.05, 3.63) is 52.9 Å². The molecular formula is C18H22N4O. The molecule has 1 amide bonds. The van der Waals surface area contributed by atoms with Gasteiger partial charge in [-0.05, 0) is 58.2 Å². The Kier molecular flexibility index (Phi) is 3.88. The van der Waals surface area contributed by atoms with Crippen molar-refractivity contribution in [2.45, 2.75) is 46.1 Å². The van der Waals surface area contributed by atoms with Gasteiger partial charge in [0.25, 0.3) is 5.91 Å². The molecule has 0 bridgehead atoms. The Bertz CT molecular complexity index is 738. The van der Waals surface area contributed by atoms with Crippen LogP contribution in [0, 0.1) is 20.8 Å². The maximum absolute atomic E-state index is 13.0. The van der Waals surface area contributed by atoms with E-state index in [4.69, 9.17) is 0 Å². The van der Waals surface area contributed by atoms with Crippen LogP contribution < -0.4 is 0 Å². The highest BCUT2D eigenvalue weighted by Gasteiger charge is 2.44. The summed E-state index contributed by atoms with van der Waals surface area (Å²) in [6.45, 7) is 8.62. The van der Waals surface area contributed by atoms with Crippen LogP contribution in [0.15, 0.2) is 24.4 Å². The monoisotopic (exact) mass is 310 g/mol. The Labute approximate surface area is 136 Å². The number of amides is 1. The van der Waals surface area contributed by atoms with Crippen LogP contribution in [0.5, 0.6) is 0 Å². The number of rotatable bonds is 2. The molecule has 23 heavy (non-hydrogen) atoms. The topological polar surface area (TPSA) is 59.0 Å². The lowest BCUT2D eigenvalue weighted by Crippen LogP contribution is -2.44. The van der Waals surface area contributed by atoms with E-state index in [2.05, 4.69) is 21.9 Å². The fourth-order valence-corrected chi connectivity index (χ4v) is 3.33. The van der Waals surface area contributed by atoms with Crippen molar-refractivity contribution in [1.82, 2.24) is 19.9 Å². The second-order valence-electron chi connectivity index (χ2n) is 6.48.